The third kappa shape index (κ3) is 5.29. The molecule has 0 amide bonds. The zero-order valence-corrected chi connectivity index (χ0v) is 24.8. The second kappa shape index (κ2) is 10.9. The van der Waals surface area contributed by atoms with Crippen LogP contribution in [0.5, 0.6) is 5.75 Å². The van der Waals surface area contributed by atoms with Gasteiger partial charge in [-0.2, -0.15) is 0 Å². The van der Waals surface area contributed by atoms with Crippen molar-refractivity contribution in [3.05, 3.63) is 101 Å². The number of methoxy groups -OCH3 is 1. The molecule has 0 radical (unpaired) electrons. The lowest BCUT2D eigenvalue weighted by atomic mass is 9.96. The summed E-state index contributed by atoms with van der Waals surface area (Å²) in [5, 5.41) is 4.05. The molecule has 0 spiro atoms. The van der Waals surface area contributed by atoms with Crippen LogP contribution in [-0.2, 0) is 16.4 Å². The average Bonchev–Trinajstić information content (AvgIpc) is 3.43. The standard InChI is InChI=1S/C30H33N5O3S2/c1-6-21-10-12-22(13-11-21)34-19(2)17-24(20(34)3)29-28(26-9-7-8-16-31-26)32-30(39)35(29)23-14-15-25(27(18-23)38-4)33-40(5,36)37/h7-18,28-29,33H,6H2,1-5H3,(H,32,39)/t28-,29+/m0/s1. The normalized spacial score (nSPS) is 17.1. The number of anilines is 2. The van der Waals surface area contributed by atoms with E-state index < -0.39 is 10.0 Å². The average molecular weight is 576 g/mol. The van der Waals surface area contributed by atoms with Gasteiger partial charge in [0.15, 0.2) is 5.11 Å². The minimum absolute atomic E-state index is 0.218. The number of aryl methyl sites for hydroxylation is 2. The van der Waals surface area contributed by atoms with Crippen LogP contribution < -0.4 is 19.7 Å². The Labute approximate surface area is 241 Å². The largest absolute Gasteiger partial charge is 0.494 e. The Morgan fingerprint density at radius 3 is 2.40 bits per heavy atom. The fourth-order valence-corrected chi connectivity index (χ4v) is 6.34. The summed E-state index contributed by atoms with van der Waals surface area (Å²) in [4.78, 5) is 6.73. The lowest BCUT2D eigenvalue weighted by molar-refractivity contribution is 0.417. The van der Waals surface area contributed by atoms with Crippen LogP contribution in [0.2, 0.25) is 0 Å². The number of sulfonamides is 1. The number of pyridine rings is 1. The number of aromatic nitrogens is 2. The molecule has 0 saturated carbocycles. The predicted molar refractivity (Wildman–Crippen MR) is 164 cm³/mol. The third-order valence-electron chi connectivity index (χ3n) is 7.25. The van der Waals surface area contributed by atoms with Crippen molar-refractivity contribution in [1.82, 2.24) is 14.9 Å². The van der Waals surface area contributed by atoms with E-state index in [1.807, 2.05) is 24.3 Å². The van der Waals surface area contributed by atoms with Gasteiger partial charge in [0.2, 0.25) is 10.0 Å². The molecule has 1 fully saturated rings. The molecule has 2 N–H and O–H groups in total. The van der Waals surface area contributed by atoms with Crippen LogP contribution >= 0.6 is 12.2 Å². The highest BCUT2D eigenvalue weighted by molar-refractivity contribution is 7.92. The first-order valence-corrected chi connectivity index (χ1v) is 15.4. The van der Waals surface area contributed by atoms with Gasteiger partial charge in [-0.25, -0.2) is 8.42 Å². The van der Waals surface area contributed by atoms with Crippen LogP contribution in [0.4, 0.5) is 11.4 Å². The molecule has 8 nitrogen and oxygen atoms in total. The summed E-state index contributed by atoms with van der Waals surface area (Å²) in [5.41, 5.74) is 7.72. The third-order valence-corrected chi connectivity index (χ3v) is 8.15. The molecule has 208 valence electrons. The smallest absolute Gasteiger partial charge is 0.229 e. The van der Waals surface area contributed by atoms with Gasteiger partial charge in [0.1, 0.15) is 5.75 Å². The van der Waals surface area contributed by atoms with Gasteiger partial charge in [-0.05, 0) is 86.1 Å². The van der Waals surface area contributed by atoms with Crippen molar-refractivity contribution in [1.29, 1.82) is 0 Å². The highest BCUT2D eigenvalue weighted by Crippen LogP contribution is 2.45. The molecule has 0 unspecified atom stereocenters. The molecule has 0 aliphatic carbocycles. The topological polar surface area (TPSA) is 88.5 Å². The van der Waals surface area contributed by atoms with Crippen LogP contribution in [0, 0.1) is 13.8 Å². The molecule has 2 atom stereocenters. The summed E-state index contributed by atoms with van der Waals surface area (Å²) in [6, 6.07) is 21.6. The monoisotopic (exact) mass is 575 g/mol. The van der Waals surface area contributed by atoms with Gasteiger partial charge in [-0.15, -0.1) is 0 Å². The van der Waals surface area contributed by atoms with Gasteiger partial charge in [0, 0.05) is 35.0 Å². The number of nitrogens with one attached hydrogen (secondary N) is 2. The number of thiocarbonyl (C=S) groups is 1. The minimum Gasteiger partial charge on any atom is -0.494 e. The van der Waals surface area contributed by atoms with E-state index >= 15 is 0 Å². The van der Waals surface area contributed by atoms with Gasteiger partial charge in [-0.3, -0.25) is 9.71 Å². The van der Waals surface area contributed by atoms with E-state index in [4.69, 9.17) is 17.0 Å². The quantitative estimate of drug-likeness (QED) is 0.264. The van der Waals surface area contributed by atoms with Gasteiger partial charge < -0.3 is 19.5 Å². The van der Waals surface area contributed by atoms with Gasteiger partial charge in [-0.1, -0.05) is 25.1 Å². The fraction of sp³-hybridized carbons (Fsp3) is 0.267. The van der Waals surface area contributed by atoms with Crippen molar-refractivity contribution >= 4 is 38.7 Å². The van der Waals surface area contributed by atoms with Gasteiger partial charge in [0.25, 0.3) is 0 Å². The van der Waals surface area contributed by atoms with Crippen LogP contribution in [0.1, 0.15) is 47.2 Å². The van der Waals surface area contributed by atoms with Gasteiger partial charge >= 0.3 is 0 Å². The SMILES string of the molecule is CCc1ccc(-n2c(C)cc([C@@H]3[C@H](c4ccccn4)NC(=S)N3c3ccc(NS(C)(=O)=O)c(OC)c3)c2C)cc1. The fourth-order valence-electron chi connectivity index (χ4n) is 5.43. The minimum atomic E-state index is -3.48. The second-order valence-corrected chi connectivity index (χ2v) is 12.1. The summed E-state index contributed by atoms with van der Waals surface area (Å²) < 4.78 is 34.2. The second-order valence-electron chi connectivity index (χ2n) is 9.94. The Kier molecular flexibility index (Phi) is 7.57. The molecule has 4 aromatic rings. The zero-order chi connectivity index (χ0) is 28.6. The van der Waals surface area contributed by atoms with Crippen LogP contribution in [0.15, 0.2) is 72.9 Å². The molecule has 40 heavy (non-hydrogen) atoms. The number of hydrogen-bond donors (Lipinski definition) is 2. The molecular formula is C30H33N5O3S2. The maximum Gasteiger partial charge on any atom is 0.229 e. The highest BCUT2D eigenvalue weighted by atomic mass is 32.2. The van der Waals surface area contributed by atoms with E-state index in [2.05, 4.69) is 75.6 Å². The summed E-state index contributed by atoms with van der Waals surface area (Å²) in [7, 11) is -1.97. The Hall–Kier alpha value is -3.89. The van der Waals surface area contributed by atoms with Crippen LogP contribution in [0.3, 0.4) is 0 Å². The van der Waals surface area contributed by atoms with E-state index in [1.54, 1.807) is 18.3 Å². The molecule has 2 aromatic heterocycles. The molecule has 1 aliphatic heterocycles. The Morgan fingerprint density at radius 2 is 1.77 bits per heavy atom. The molecule has 3 heterocycles. The highest BCUT2D eigenvalue weighted by Gasteiger charge is 2.42. The van der Waals surface area contributed by atoms with E-state index in [1.165, 1.54) is 12.7 Å². The molecule has 10 heteroatoms. The summed E-state index contributed by atoms with van der Waals surface area (Å²) in [5.74, 6) is 0.396. The van der Waals surface area contributed by atoms with Gasteiger partial charge in [0.05, 0.1) is 36.8 Å². The lowest BCUT2D eigenvalue weighted by Crippen LogP contribution is -2.29. The number of hydrogen-bond acceptors (Lipinski definition) is 5. The summed E-state index contributed by atoms with van der Waals surface area (Å²) >= 11 is 5.91. The lowest BCUT2D eigenvalue weighted by Gasteiger charge is -2.29. The first-order valence-electron chi connectivity index (χ1n) is 13.1. The van der Waals surface area contributed by atoms with Crippen molar-refractivity contribution < 1.29 is 13.2 Å². The maximum atomic E-state index is 11.9. The first-order chi connectivity index (χ1) is 19.1. The van der Waals surface area contributed by atoms with Crippen molar-refractivity contribution in [3.8, 4) is 11.4 Å². The molecule has 1 aliphatic rings. The van der Waals surface area contributed by atoms with E-state index in [0.717, 1.165) is 46.7 Å². The Bertz CT molecular complexity index is 1650. The van der Waals surface area contributed by atoms with Crippen molar-refractivity contribution in [2.75, 3.05) is 23.0 Å². The van der Waals surface area contributed by atoms with Crippen molar-refractivity contribution in [3.63, 3.8) is 0 Å². The number of benzene rings is 2. The molecule has 0 bridgehead atoms. The number of nitrogens with zero attached hydrogens (tertiary/aromatic N) is 3. The van der Waals surface area contributed by atoms with E-state index in [-0.39, 0.29) is 12.1 Å². The molecule has 5 rings (SSSR count). The van der Waals surface area contributed by atoms with E-state index in [0.29, 0.717) is 16.5 Å². The van der Waals surface area contributed by atoms with Crippen LogP contribution in [-0.4, -0.2) is 36.4 Å². The summed E-state index contributed by atoms with van der Waals surface area (Å²) in [6.07, 6.45) is 3.88. The van der Waals surface area contributed by atoms with Crippen LogP contribution in [0.25, 0.3) is 5.69 Å². The maximum absolute atomic E-state index is 11.9. The van der Waals surface area contributed by atoms with E-state index in [9.17, 15) is 8.42 Å². The predicted octanol–water partition coefficient (Wildman–Crippen LogP) is 5.61. The van der Waals surface area contributed by atoms with Crippen molar-refractivity contribution in [2.45, 2.75) is 39.3 Å². The number of rotatable bonds is 8. The zero-order valence-electron chi connectivity index (χ0n) is 23.2. The first kappa shape index (κ1) is 27.7. The Morgan fingerprint density at radius 1 is 1.05 bits per heavy atom. The Balaban J connectivity index is 1.65. The summed E-state index contributed by atoms with van der Waals surface area (Å²) in [6.45, 7) is 6.39. The molecule has 1 saturated heterocycles. The molecular weight excluding hydrogens is 542 g/mol. The molecule has 2 aromatic carbocycles. The number of ether oxygens (including phenoxy) is 1. The van der Waals surface area contributed by atoms with Crippen molar-refractivity contribution in [2.24, 2.45) is 0 Å².